The summed E-state index contributed by atoms with van der Waals surface area (Å²) in [5, 5.41) is 4.43. The zero-order chi connectivity index (χ0) is 11.8. The Balaban J connectivity index is 2.14. The molecule has 0 aliphatic carbocycles. The van der Waals surface area contributed by atoms with E-state index in [4.69, 9.17) is 0 Å². The Hall–Kier alpha value is -1.68. The lowest BCUT2D eigenvalue weighted by Gasteiger charge is -1.94. The molecule has 2 aromatic heterocycles. The molecule has 0 bridgehead atoms. The lowest BCUT2D eigenvalue weighted by molar-refractivity contribution is 0.628. The van der Waals surface area contributed by atoms with Gasteiger partial charge in [-0.1, -0.05) is 15.9 Å². The van der Waals surface area contributed by atoms with Gasteiger partial charge in [0.05, 0.1) is 11.2 Å². The zero-order valence-electron chi connectivity index (χ0n) is 8.77. The molecule has 0 radical (unpaired) electrons. The molecule has 2 heterocycles. The fourth-order valence-corrected chi connectivity index (χ4v) is 2.08. The van der Waals surface area contributed by atoms with Crippen molar-refractivity contribution in [2.45, 2.75) is 0 Å². The van der Waals surface area contributed by atoms with E-state index in [1.807, 2.05) is 24.4 Å². The Labute approximate surface area is 106 Å². The Morgan fingerprint density at radius 1 is 1.06 bits per heavy atom. The van der Waals surface area contributed by atoms with Gasteiger partial charge in [0.15, 0.2) is 0 Å². The molecule has 3 rings (SSSR count). The van der Waals surface area contributed by atoms with E-state index in [1.165, 1.54) is 12.1 Å². The highest BCUT2D eigenvalue weighted by atomic mass is 79.9. The van der Waals surface area contributed by atoms with Crippen LogP contribution in [0, 0.1) is 5.82 Å². The highest BCUT2D eigenvalue weighted by Crippen LogP contribution is 2.21. The van der Waals surface area contributed by atoms with Gasteiger partial charge in [-0.3, -0.25) is 0 Å². The second kappa shape index (κ2) is 3.96. The first kappa shape index (κ1) is 10.5. The summed E-state index contributed by atoms with van der Waals surface area (Å²) in [4.78, 5) is 0. The molecule has 3 aromatic rings. The van der Waals surface area contributed by atoms with Gasteiger partial charge in [-0.25, -0.2) is 8.91 Å². The molecule has 84 valence electrons. The number of nitrogens with zero attached hydrogens (tertiary/aromatic N) is 2. The Morgan fingerprint density at radius 2 is 1.82 bits per heavy atom. The number of halogens is 2. The summed E-state index contributed by atoms with van der Waals surface area (Å²) in [6, 6.07) is 12.2. The number of fused-ring (bicyclic) bond motifs is 1. The second-order valence-electron chi connectivity index (χ2n) is 3.75. The highest BCUT2D eigenvalue weighted by molar-refractivity contribution is 9.10. The van der Waals surface area contributed by atoms with Gasteiger partial charge < -0.3 is 0 Å². The molecule has 0 N–H and O–H groups in total. The van der Waals surface area contributed by atoms with E-state index < -0.39 is 0 Å². The molecule has 0 aliphatic rings. The summed E-state index contributed by atoms with van der Waals surface area (Å²) in [6.45, 7) is 0. The minimum absolute atomic E-state index is 0.236. The number of pyridine rings is 1. The van der Waals surface area contributed by atoms with Crippen molar-refractivity contribution in [2.75, 3.05) is 0 Å². The SMILES string of the molecule is Fc1ccc(-c2cc3cc(Br)ccn3n2)cc1. The first-order valence-corrected chi connectivity index (χ1v) is 5.92. The molecule has 0 unspecified atom stereocenters. The highest BCUT2D eigenvalue weighted by Gasteiger charge is 2.04. The fraction of sp³-hybridized carbons (Fsp3) is 0. The molecule has 0 fully saturated rings. The molecule has 0 aliphatic heterocycles. The molecule has 4 heteroatoms. The van der Waals surface area contributed by atoms with Crippen LogP contribution in [-0.4, -0.2) is 9.61 Å². The third-order valence-electron chi connectivity index (χ3n) is 2.57. The minimum Gasteiger partial charge on any atom is -0.240 e. The second-order valence-corrected chi connectivity index (χ2v) is 4.67. The minimum atomic E-state index is -0.236. The summed E-state index contributed by atoms with van der Waals surface area (Å²) in [7, 11) is 0. The number of rotatable bonds is 1. The molecule has 0 amide bonds. The average Bonchev–Trinajstić information content (AvgIpc) is 2.72. The zero-order valence-corrected chi connectivity index (χ0v) is 10.4. The molecule has 0 saturated heterocycles. The van der Waals surface area contributed by atoms with Crippen LogP contribution in [0.15, 0.2) is 53.1 Å². The summed E-state index contributed by atoms with van der Waals surface area (Å²) in [5.74, 6) is -0.236. The Morgan fingerprint density at radius 3 is 2.59 bits per heavy atom. The largest absolute Gasteiger partial charge is 0.240 e. The quantitative estimate of drug-likeness (QED) is 0.664. The molecule has 1 aromatic carbocycles. The van der Waals surface area contributed by atoms with Crippen LogP contribution in [0.1, 0.15) is 0 Å². The van der Waals surface area contributed by atoms with Crippen molar-refractivity contribution in [3.8, 4) is 11.3 Å². The van der Waals surface area contributed by atoms with Crippen LogP contribution in [-0.2, 0) is 0 Å². The van der Waals surface area contributed by atoms with Gasteiger partial charge in [-0.2, -0.15) is 5.10 Å². The smallest absolute Gasteiger partial charge is 0.123 e. The van der Waals surface area contributed by atoms with E-state index in [-0.39, 0.29) is 5.82 Å². The van der Waals surface area contributed by atoms with Crippen LogP contribution in [0.4, 0.5) is 4.39 Å². The van der Waals surface area contributed by atoms with E-state index >= 15 is 0 Å². The van der Waals surface area contributed by atoms with Gasteiger partial charge >= 0.3 is 0 Å². The van der Waals surface area contributed by atoms with E-state index in [0.717, 1.165) is 21.2 Å². The van der Waals surface area contributed by atoms with E-state index in [0.29, 0.717) is 0 Å². The monoisotopic (exact) mass is 290 g/mol. The van der Waals surface area contributed by atoms with Gasteiger partial charge in [-0.15, -0.1) is 0 Å². The fourth-order valence-electron chi connectivity index (χ4n) is 1.73. The normalized spacial score (nSPS) is 10.9. The van der Waals surface area contributed by atoms with Crippen LogP contribution in [0.2, 0.25) is 0 Å². The Kier molecular flexibility index (Phi) is 2.44. The molecule has 0 atom stereocenters. The molecule has 0 spiro atoms. The molecule has 0 saturated carbocycles. The van der Waals surface area contributed by atoms with Gasteiger partial charge in [0.2, 0.25) is 0 Å². The summed E-state index contributed by atoms with van der Waals surface area (Å²) >= 11 is 3.42. The molecular formula is C13H8BrFN2. The number of benzene rings is 1. The first-order chi connectivity index (χ1) is 8.22. The van der Waals surface area contributed by atoms with Crippen molar-refractivity contribution in [1.29, 1.82) is 0 Å². The van der Waals surface area contributed by atoms with Crippen LogP contribution < -0.4 is 0 Å². The van der Waals surface area contributed by atoms with Crippen molar-refractivity contribution in [1.82, 2.24) is 9.61 Å². The lowest BCUT2D eigenvalue weighted by atomic mass is 10.1. The summed E-state index contributed by atoms with van der Waals surface area (Å²) in [5.41, 5.74) is 2.74. The predicted octanol–water partition coefficient (Wildman–Crippen LogP) is 3.90. The summed E-state index contributed by atoms with van der Waals surface area (Å²) < 4.78 is 15.6. The van der Waals surface area contributed by atoms with Crippen molar-refractivity contribution in [3.63, 3.8) is 0 Å². The topological polar surface area (TPSA) is 17.3 Å². The first-order valence-electron chi connectivity index (χ1n) is 5.13. The molecular weight excluding hydrogens is 283 g/mol. The van der Waals surface area contributed by atoms with E-state index in [2.05, 4.69) is 21.0 Å². The lowest BCUT2D eigenvalue weighted by Crippen LogP contribution is -1.85. The van der Waals surface area contributed by atoms with Gasteiger partial charge in [0.1, 0.15) is 5.82 Å². The van der Waals surface area contributed by atoms with Crippen LogP contribution in [0.5, 0.6) is 0 Å². The maximum absolute atomic E-state index is 12.8. The predicted molar refractivity (Wildman–Crippen MR) is 68.3 cm³/mol. The standard InChI is InChI=1S/C13H8BrFN2/c14-10-5-6-17-12(7-10)8-13(16-17)9-1-3-11(15)4-2-9/h1-8H. The number of hydrogen-bond donors (Lipinski definition) is 0. The Bertz CT molecular complexity index is 673. The van der Waals surface area contributed by atoms with E-state index in [1.54, 1.807) is 16.6 Å². The van der Waals surface area contributed by atoms with Crippen molar-refractivity contribution in [2.24, 2.45) is 0 Å². The van der Waals surface area contributed by atoms with E-state index in [9.17, 15) is 4.39 Å². The van der Waals surface area contributed by atoms with Crippen molar-refractivity contribution in [3.05, 3.63) is 59.0 Å². The maximum Gasteiger partial charge on any atom is 0.123 e. The van der Waals surface area contributed by atoms with Gasteiger partial charge in [0, 0.05) is 16.2 Å². The third-order valence-corrected chi connectivity index (χ3v) is 3.06. The van der Waals surface area contributed by atoms with Crippen molar-refractivity contribution >= 4 is 21.4 Å². The summed E-state index contributed by atoms with van der Waals surface area (Å²) in [6.07, 6.45) is 1.88. The third kappa shape index (κ3) is 1.96. The van der Waals surface area contributed by atoms with Crippen molar-refractivity contribution < 1.29 is 4.39 Å². The van der Waals surface area contributed by atoms with Crippen LogP contribution >= 0.6 is 15.9 Å². The van der Waals surface area contributed by atoms with Gasteiger partial charge in [-0.05, 0) is 42.5 Å². The maximum atomic E-state index is 12.8. The molecule has 2 nitrogen and oxygen atoms in total. The molecule has 17 heavy (non-hydrogen) atoms. The van der Waals surface area contributed by atoms with Crippen LogP contribution in [0.3, 0.4) is 0 Å². The number of aromatic nitrogens is 2. The number of hydrogen-bond acceptors (Lipinski definition) is 1. The van der Waals surface area contributed by atoms with Crippen LogP contribution in [0.25, 0.3) is 16.8 Å². The average molecular weight is 291 g/mol. The van der Waals surface area contributed by atoms with Gasteiger partial charge in [0.25, 0.3) is 0 Å².